The molecule has 0 fully saturated rings. The van der Waals surface area contributed by atoms with Crippen molar-refractivity contribution in [1.82, 2.24) is 5.32 Å². The second-order valence-electron chi connectivity index (χ2n) is 3.06. The fourth-order valence-electron chi connectivity index (χ4n) is 1.04. The quantitative estimate of drug-likeness (QED) is 0.818. The molecule has 1 aromatic rings. The van der Waals surface area contributed by atoms with Gasteiger partial charge >= 0.3 is 5.51 Å². The lowest BCUT2D eigenvalue weighted by Gasteiger charge is -2.05. The molecule has 0 saturated carbocycles. The van der Waals surface area contributed by atoms with Crippen LogP contribution in [-0.4, -0.2) is 23.7 Å². The molecule has 1 rings (SSSR count). The van der Waals surface area contributed by atoms with E-state index in [2.05, 4.69) is 5.32 Å². The predicted molar refractivity (Wildman–Crippen MR) is 64.7 cm³/mol. The lowest BCUT2D eigenvalue weighted by atomic mass is 10.3. The Labute approximate surface area is 112 Å². The molecule has 0 saturated heterocycles. The van der Waals surface area contributed by atoms with Crippen LogP contribution >= 0.6 is 24.2 Å². The molecule has 0 bridgehead atoms. The number of nitrogens with two attached hydrogens (primary N) is 1. The van der Waals surface area contributed by atoms with Gasteiger partial charge in [-0.3, -0.25) is 4.79 Å². The summed E-state index contributed by atoms with van der Waals surface area (Å²) in [4.78, 5) is 11.4. The van der Waals surface area contributed by atoms with Gasteiger partial charge < -0.3 is 15.5 Å². The number of nitrogens with one attached hydrogen (secondary N) is 1. The van der Waals surface area contributed by atoms with Crippen molar-refractivity contribution in [2.45, 2.75) is 12.1 Å². The number of hydrogen-bond acceptors (Lipinski definition) is 4. The number of amides is 1. The summed E-state index contributed by atoms with van der Waals surface area (Å²) in [6, 6.07) is 1.45. The molecule has 0 unspecified atom stereocenters. The first-order chi connectivity index (χ1) is 7.92. The molecule has 0 aliphatic heterocycles. The van der Waals surface area contributed by atoms with Crippen molar-refractivity contribution in [2.24, 2.45) is 5.73 Å². The van der Waals surface area contributed by atoms with Crippen LogP contribution in [0.3, 0.4) is 0 Å². The Hall–Kier alpha value is -0.860. The molecule has 0 spiro atoms. The summed E-state index contributed by atoms with van der Waals surface area (Å²) in [5.41, 5.74) is 1.26. The molecule has 4 nitrogen and oxygen atoms in total. The van der Waals surface area contributed by atoms with Crippen molar-refractivity contribution in [2.75, 3.05) is 12.3 Å². The van der Waals surface area contributed by atoms with Crippen molar-refractivity contribution >= 4 is 30.1 Å². The van der Waals surface area contributed by atoms with Gasteiger partial charge in [0.25, 0.3) is 5.91 Å². The fraction of sp³-hybridized carbons (Fsp3) is 0.444. The van der Waals surface area contributed by atoms with E-state index in [1.54, 1.807) is 0 Å². The minimum absolute atomic E-state index is 0. The summed E-state index contributed by atoms with van der Waals surface area (Å²) >= 11 is -0.178. The maximum Gasteiger partial charge on any atom is 0.441 e. The molecular formula is C9H12ClF3N2O2S. The molecule has 0 aliphatic rings. The Bertz CT molecular complexity index is 384. The fourth-order valence-corrected chi connectivity index (χ4v) is 1.48. The van der Waals surface area contributed by atoms with Gasteiger partial charge in [0.1, 0.15) is 12.0 Å². The molecule has 0 aromatic carbocycles. The standard InChI is InChI=1S/C9H11F3N2O2S.ClH/c10-9(11,12)17-2-1-14-8(15)6-3-7(4-13)16-5-6;/h3,5H,1-2,4,13H2,(H,14,15);1H. The summed E-state index contributed by atoms with van der Waals surface area (Å²) < 4.78 is 40.2. The Balaban J connectivity index is 0.00000289. The monoisotopic (exact) mass is 304 g/mol. The van der Waals surface area contributed by atoms with Crippen LogP contribution in [0.25, 0.3) is 0 Å². The van der Waals surface area contributed by atoms with Crippen molar-refractivity contribution in [3.8, 4) is 0 Å². The maximum atomic E-state index is 11.8. The summed E-state index contributed by atoms with van der Waals surface area (Å²) in [5.74, 6) is -0.257. The Kier molecular flexibility index (Phi) is 7.19. The number of carbonyl (C=O) groups is 1. The highest BCUT2D eigenvalue weighted by Crippen LogP contribution is 2.29. The van der Waals surface area contributed by atoms with E-state index < -0.39 is 11.4 Å². The Morgan fingerprint density at radius 1 is 1.50 bits per heavy atom. The highest BCUT2D eigenvalue weighted by atomic mass is 35.5. The van der Waals surface area contributed by atoms with Crippen LogP contribution in [0.5, 0.6) is 0 Å². The van der Waals surface area contributed by atoms with Gasteiger partial charge in [0, 0.05) is 12.3 Å². The third-order valence-electron chi connectivity index (χ3n) is 1.77. The topological polar surface area (TPSA) is 68.3 Å². The number of rotatable bonds is 5. The number of alkyl halides is 3. The highest BCUT2D eigenvalue weighted by Gasteiger charge is 2.27. The maximum absolute atomic E-state index is 11.8. The molecule has 1 heterocycles. The zero-order valence-corrected chi connectivity index (χ0v) is 10.8. The van der Waals surface area contributed by atoms with Crippen LogP contribution in [0.4, 0.5) is 13.2 Å². The van der Waals surface area contributed by atoms with Crippen LogP contribution in [-0.2, 0) is 6.54 Å². The van der Waals surface area contributed by atoms with E-state index in [4.69, 9.17) is 10.2 Å². The van der Waals surface area contributed by atoms with E-state index in [1.165, 1.54) is 12.3 Å². The van der Waals surface area contributed by atoms with Crippen molar-refractivity contribution < 1.29 is 22.4 Å². The molecule has 1 aromatic heterocycles. The van der Waals surface area contributed by atoms with Gasteiger partial charge in [-0.2, -0.15) is 13.2 Å². The zero-order valence-electron chi connectivity index (χ0n) is 9.12. The number of halogens is 4. The highest BCUT2D eigenvalue weighted by molar-refractivity contribution is 8.00. The molecule has 1 amide bonds. The molecule has 0 aliphatic carbocycles. The summed E-state index contributed by atoms with van der Waals surface area (Å²) in [5, 5.41) is 2.35. The van der Waals surface area contributed by atoms with Gasteiger partial charge in [0.05, 0.1) is 12.1 Å². The van der Waals surface area contributed by atoms with Gasteiger partial charge in [0.15, 0.2) is 0 Å². The van der Waals surface area contributed by atoms with Crippen molar-refractivity contribution in [3.05, 3.63) is 23.7 Å². The number of furan rings is 1. The molecule has 18 heavy (non-hydrogen) atoms. The van der Waals surface area contributed by atoms with Crippen LogP contribution < -0.4 is 11.1 Å². The van der Waals surface area contributed by atoms with Crippen LogP contribution in [0.2, 0.25) is 0 Å². The number of hydrogen-bond donors (Lipinski definition) is 2. The molecule has 9 heteroatoms. The van der Waals surface area contributed by atoms with E-state index >= 15 is 0 Å². The van der Waals surface area contributed by atoms with E-state index in [0.717, 1.165) is 0 Å². The molecular weight excluding hydrogens is 293 g/mol. The Morgan fingerprint density at radius 2 is 2.17 bits per heavy atom. The van der Waals surface area contributed by atoms with Gasteiger partial charge in [-0.15, -0.1) is 12.4 Å². The van der Waals surface area contributed by atoms with Gasteiger partial charge in [-0.1, -0.05) is 0 Å². The zero-order chi connectivity index (χ0) is 12.9. The lowest BCUT2D eigenvalue weighted by Crippen LogP contribution is -2.26. The molecule has 0 atom stereocenters. The third-order valence-corrected chi connectivity index (χ3v) is 2.51. The van der Waals surface area contributed by atoms with E-state index in [9.17, 15) is 18.0 Å². The van der Waals surface area contributed by atoms with E-state index in [0.29, 0.717) is 5.76 Å². The summed E-state index contributed by atoms with van der Waals surface area (Å²) in [6.45, 7) is 0.101. The first-order valence-electron chi connectivity index (χ1n) is 4.69. The van der Waals surface area contributed by atoms with Crippen LogP contribution in [0.1, 0.15) is 16.1 Å². The predicted octanol–water partition coefficient (Wildman–Crippen LogP) is 2.14. The lowest BCUT2D eigenvalue weighted by molar-refractivity contribution is -0.0327. The minimum Gasteiger partial charge on any atom is -0.467 e. The van der Waals surface area contributed by atoms with E-state index in [1.807, 2.05) is 0 Å². The number of carbonyl (C=O) groups excluding carboxylic acids is 1. The second-order valence-corrected chi connectivity index (χ2v) is 4.22. The average molecular weight is 305 g/mol. The van der Waals surface area contributed by atoms with Crippen LogP contribution in [0, 0.1) is 0 Å². The van der Waals surface area contributed by atoms with Crippen molar-refractivity contribution in [3.63, 3.8) is 0 Å². The average Bonchev–Trinajstić information content (AvgIpc) is 2.71. The van der Waals surface area contributed by atoms with Crippen molar-refractivity contribution in [1.29, 1.82) is 0 Å². The smallest absolute Gasteiger partial charge is 0.441 e. The largest absolute Gasteiger partial charge is 0.467 e. The Morgan fingerprint density at radius 3 is 2.67 bits per heavy atom. The molecule has 3 N–H and O–H groups in total. The normalized spacial score (nSPS) is 10.9. The molecule has 104 valence electrons. The molecule has 0 radical (unpaired) electrons. The summed E-state index contributed by atoms with van der Waals surface area (Å²) in [6.07, 6.45) is 1.22. The first kappa shape index (κ1) is 17.1. The van der Waals surface area contributed by atoms with Gasteiger partial charge in [0.2, 0.25) is 0 Å². The SMILES string of the molecule is Cl.NCc1cc(C(=O)NCCSC(F)(F)F)co1. The van der Waals surface area contributed by atoms with Gasteiger partial charge in [-0.05, 0) is 17.8 Å². The third kappa shape index (κ3) is 6.18. The van der Waals surface area contributed by atoms with E-state index in [-0.39, 0.29) is 48.6 Å². The second kappa shape index (κ2) is 7.55. The summed E-state index contributed by atoms with van der Waals surface area (Å²) in [7, 11) is 0. The van der Waals surface area contributed by atoms with Crippen LogP contribution in [0.15, 0.2) is 16.7 Å². The van der Waals surface area contributed by atoms with Gasteiger partial charge in [-0.25, -0.2) is 0 Å². The minimum atomic E-state index is -4.27. The first-order valence-corrected chi connectivity index (χ1v) is 5.67. The number of thioether (sulfide) groups is 1.